The van der Waals surface area contributed by atoms with E-state index in [0.717, 1.165) is 0 Å². The lowest BCUT2D eigenvalue weighted by Gasteiger charge is -2.28. The van der Waals surface area contributed by atoms with Gasteiger partial charge in [0.25, 0.3) is 5.91 Å². The van der Waals surface area contributed by atoms with E-state index in [1.165, 1.54) is 4.90 Å². The van der Waals surface area contributed by atoms with Crippen LogP contribution in [0.2, 0.25) is 0 Å². The van der Waals surface area contributed by atoms with Crippen LogP contribution in [0.1, 0.15) is 21.0 Å². The molecule has 1 aliphatic heterocycles. The molecular formula is C12H10N4O4. The average Bonchev–Trinajstić information content (AvgIpc) is 2.95. The molecule has 8 nitrogen and oxygen atoms in total. The van der Waals surface area contributed by atoms with Crippen LogP contribution in [0, 0.1) is 0 Å². The Morgan fingerprint density at radius 1 is 1.25 bits per heavy atom. The molecule has 2 aromatic rings. The molecule has 0 saturated heterocycles. The lowest BCUT2D eigenvalue weighted by molar-refractivity contribution is 0.0685. The number of benzene rings is 1. The predicted octanol–water partition coefficient (Wildman–Crippen LogP) is 0.542. The van der Waals surface area contributed by atoms with E-state index < -0.39 is 11.9 Å². The summed E-state index contributed by atoms with van der Waals surface area (Å²) in [4.78, 5) is 24.9. The molecule has 0 fully saturated rings. The third-order valence-electron chi connectivity index (χ3n) is 2.93. The van der Waals surface area contributed by atoms with Crippen molar-refractivity contribution in [3.8, 4) is 5.75 Å². The van der Waals surface area contributed by atoms with Gasteiger partial charge in [-0.15, -0.1) is 10.2 Å². The van der Waals surface area contributed by atoms with E-state index in [-0.39, 0.29) is 11.4 Å². The number of rotatable bonds is 2. The van der Waals surface area contributed by atoms with Crippen molar-refractivity contribution >= 4 is 17.6 Å². The van der Waals surface area contributed by atoms with Crippen LogP contribution in [0.4, 0.5) is 5.69 Å². The second-order valence-electron chi connectivity index (χ2n) is 4.10. The van der Waals surface area contributed by atoms with E-state index in [1.807, 2.05) is 0 Å². The van der Waals surface area contributed by atoms with Crippen molar-refractivity contribution in [3.05, 3.63) is 35.7 Å². The predicted molar refractivity (Wildman–Crippen MR) is 67.0 cm³/mol. The van der Waals surface area contributed by atoms with Gasteiger partial charge in [-0.05, 0) is 12.1 Å². The van der Waals surface area contributed by atoms with Gasteiger partial charge in [-0.1, -0.05) is 12.1 Å². The number of aromatic carboxylic acids is 1. The molecule has 2 N–H and O–H groups in total. The molecule has 20 heavy (non-hydrogen) atoms. The van der Waals surface area contributed by atoms with Gasteiger partial charge >= 0.3 is 5.97 Å². The van der Waals surface area contributed by atoms with E-state index in [0.29, 0.717) is 24.6 Å². The number of carboxylic acids is 1. The summed E-state index contributed by atoms with van der Waals surface area (Å²) >= 11 is 0. The second-order valence-corrected chi connectivity index (χ2v) is 4.10. The molecule has 102 valence electrons. The fraction of sp³-hybridized carbons (Fsp3) is 0.167. The van der Waals surface area contributed by atoms with E-state index >= 15 is 0 Å². The van der Waals surface area contributed by atoms with Crippen molar-refractivity contribution in [2.75, 3.05) is 18.1 Å². The standard InChI is InChI=1S/C12H10N4O4/c17-11(9-10(12(18)19)14-15-13-9)16-5-6-20-8-4-2-1-3-7(8)16/h1-4H,5-6H2,(H,18,19)(H,13,14,15). The van der Waals surface area contributed by atoms with Crippen molar-refractivity contribution in [1.82, 2.24) is 15.4 Å². The van der Waals surface area contributed by atoms with Crippen LogP contribution < -0.4 is 9.64 Å². The summed E-state index contributed by atoms with van der Waals surface area (Å²) in [7, 11) is 0. The van der Waals surface area contributed by atoms with Crippen molar-refractivity contribution in [2.45, 2.75) is 0 Å². The highest BCUT2D eigenvalue weighted by molar-refractivity contribution is 6.10. The average molecular weight is 274 g/mol. The maximum atomic E-state index is 12.4. The maximum Gasteiger partial charge on any atom is 0.358 e. The van der Waals surface area contributed by atoms with Gasteiger partial charge in [0.05, 0.1) is 12.2 Å². The minimum atomic E-state index is -1.30. The van der Waals surface area contributed by atoms with Crippen LogP contribution in [0.15, 0.2) is 24.3 Å². The minimum Gasteiger partial charge on any atom is -0.490 e. The number of hydrogen-bond acceptors (Lipinski definition) is 5. The van der Waals surface area contributed by atoms with Crippen LogP contribution in [0.3, 0.4) is 0 Å². The summed E-state index contributed by atoms with van der Waals surface area (Å²) in [6, 6.07) is 7.04. The number of nitrogens with one attached hydrogen (secondary N) is 1. The van der Waals surface area contributed by atoms with Gasteiger partial charge in [-0.2, -0.15) is 5.21 Å². The molecule has 1 amide bonds. The molecule has 0 spiro atoms. The molecule has 0 aliphatic carbocycles. The monoisotopic (exact) mass is 274 g/mol. The van der Waals surface area contributed by atoms with Crippen LogP contribution in [0.25, 0.3) is 0 Å². The van der Waals surface area contributed by atoms with Crippen LogP contribution >= 0.6 is 0 Å². The molecule has 3 rings (SSSR count). The number of hydrogen-bond donors (Lipinski definition) is 2. The van der Waals surface area contributed by atoms with Crippen molar-refractivity contribution in [2.24, 2.45) is 0 Å². The number of aromatic amines is 1. The van der Waals surface area contributed by atoms with Crippen molar-refractivity contribution < 1.29 is 19.4 Å². The summed E-state index contributed by atoms with van der Waals surface area (Å²) in [5, 5.41) is 18.3. The highest BCUT2D eigenvalue weighted by Crippen LogP contribution is 2.31. The van der Waals surface area contributed by atoms with E-state index in [4.69, 9.17) is 9.84 Å². The topological polar surface area (TPSA) is 108 Å². The first-order chi connectivity index (χ1) is 9.68. The molecule has 8 heteroatoms. The van der Waals surface area contributed by atoms with Crippen LogP contribution in [0.5, 0.6) is 5.75 Å². The highest BCUT2D eigenvalue weighted by atomic mass is 16.5. The normalized spacial score (nSPS) is 13.5. The van der Waals surface area contributed by atoms with E-state index in [9.17, 15) is 9.59 Å². The fourth-order valence-corrected chi connectivity index (χ4v) is 2.04. The number of para-hydroxylation sites is 2. The van der Waals surface area contributed by atoms with Gasteiger partial charge < -0.3 is 9.84 Å². The molecule has 2 heterocycles. The number of carbonyl (C=O) groups excluding carboxylic acids is 1. The zero-order valence-corrected chi connectivity index (χ0v) is 10.2. The minimum absolute atomic E-state index is 0.214. The number of aromatic nitrogens is 3. The first-order valence-corrected chi connectivity index (χ1v) is 5.86. The first kappa shape index (κ1) is 12.2. The SMILES string of the molecule is O=C(O)c1n[nH]nc1C(=O)N1CCOc2ccccc21. The summed E-state index contributed by atoms with van der Waals surface area (Å²) in [6.07, 6.45) is 0. The Bertz CT molecular complexity index is 682. The second kappa shape index (κ2) is 4.65. The molecule has 0 bridgehead atoms. The number of nitrogens with zero attached hydrogens (tertiary/aromatic N) is 3. The lowest BCUT2D eigenvalue weighted by Crippen LogP contribution is -2.38. The summed E-state index contributed by atoms with van der Waals surface area (Å²) < 4.78 is 5.44. The fourth-order valence-electron chi connectivity index (χ4n) is 2.04. The van der Waals surface area contributed by atoms with Crippen molar-refractivity contribution in [1.29, 1.82) is 0 Å². The Morgan fingerprint density at radius 3 is 2.80 bits per heavy atom. The van der Waals surface area contributed by atoms with Gasteiger partial charge in [-0.25, -0.2) is 4.79 Å². The third-order valence-corrected chi connectivity index (χ3v) is 2.93. The van der Waals surface area contributed by atoms with Gasteiger partial charge in [0, 0.05) is 0 Å². The summed E-state index contributed by atoms with van der Waals surface area (Å²) in [6.45, 7) is 0.658. The molecule has 1 aliphatic rings. The molecule has 1 aromatic heterocycles. The first-order valence-electron chi connectivity index (χ1n) is 5.86. The lowest BCUT2D eigenvalue weighted by atomic mass is 10.2. The number of fused-ring (bicyclic) bond motifs is 1. The van der Waals surface area contributed by atoms with E-state index in [2.05, 4.69) is 15.4 Å². The molecular weight excluding hydrogens is 264 g/mol. The Labute approximate surface area is 113 Å². The van der Waals surface area contributed by atoms with Crippen LogP contribution in [-0.4, -0.2) is 45.5 Å². The quantitative estimate of drug-likeness (QED) is 0.827. The van der Waals surface area contributed by atoms with Crippen LogP contribution in [-0.2, 0) is 0 Å². The van der Waals surface area contributed by atoms with Gasteiger partial charge in [0.1, 0.15) is 12.4 Å². The number of anilines is 1. The number of amides is 1. The largest absolute Gasteiger partial charge is 0.490 e. The third kappa shape index (κ3) is 1.87. The number of H-pyrrole nitrogens is 1. The zero-order valence-electron chi connectivity index (χ0n) is 10.2. The molecule has 0 unspecified atom stereocenters. The summed E-state index contributed by atoms with van der Waals surface area (Å²) in [5.74, 6) is -1.25. The maximum absolute atomic E-state index is 12.4. The molecule has 0 radical (unpaired) electrons. The smallest absolute Gasteiger partial charge is 0.358 e. The van der Waals surface area contributed by atoms with E-state index in [1.54, 1.807) is 24.3 Å². The van der Waals surface area contributed by atoms with Crippen molar-refractivity contribution in [3.63, 3.8) is 0 Å². The number of carbonyl (C=O) groups is 2. The summed E-state index contributed by atoms with van der Waals surface area (Å²) in [5.41, 5.74) is -0.0173. The van der Waals surface area contributed by atoms with Gasteiger partial charge in [-0.3, -0.25) is 9.69 Å². The highest BCUT2D eigenvalue weighted by Gasteiger charge is 2.30. The Balaban J connectivity index is 2.00. The Hall–Kier alpha value is -2.90. The molecule has 1 aromatic carbocycles. The van der Waals surface area contributed by atoms with Gasteiger partial charge in [0.2, 0.25) is 5.69 Å². The molecule has 0 saturated carbocycles. The Kier molecular flexibility index (Phi) is 2.82. The Morgan fingerprint density at radius 2 is 2.00 bits per heavy atom. The van der Waals surface area contributed by atoms with Gasteiger partial charge in [0.15, 0.2) is 5.69 Å². The number of carboxylic acid groups (broad SMARTS) is 1. The zero-order chi connectivity index (χ0) is 14.1. The number of ether oxygens (including phenoxy) is 1. The molecule has 0 atom stereocenters.